The van der Waals surface area contributed by atoms with Gasteiger partial charge in [0.25, 0.3) is 0 Å². The normalized spacial score (nSPS) is 19.3. The summed E-state index contributed by atoms with van der Waals surface area (Å²) in [5.41, 5.74) is 2.22. The first-order valence-corrected chi connectivity index (χ1v) is 11.8. The lowest BCUT2D eigenvalue weighted by Crippen LogP contribution is -2.14. The maximum atomic E-state index is 6.39. The summed E-state index contributed by atoms with van der Waals surface area (Å²) in [4.78, 5) is 9.28. The number of benzene rings is 1. The lowest BCUT2D eigenvalue weighted by molar-refractivity contribution is 0.302. The molecule has 1 saturated carbocycles. The van der Waals surface area contributed by atoms with Gasteiger partial charge >= 0.3 is 0 Å². The van der Waals surface area contributed by atoms with Crippen LogP contribution < -0.4 is 4.74 Å². The molecular formula is C25H35ClN2O. The van der Waals surface area contributed by atoms with Gasteiger partial charge in [-0.2, -0.15) is 0 Å². The number of unbranched alkanes of at least 4 members (excludes halogenated alkanes) is 3. The summed E-state index contributed by atoms with van der Waals surface area (Å²) >= 11 is 6.39. The minimum Gasteiger partial charge on any atom is -0.492 e. The van der Waals surface area contributed by atoms with Crippen LogP contribution in [0.4, 0.5) is 0 Å². The summed E-state index contributed by atoms with van der Waals surface area (Å²) in [7, 11) is 0. The molecule has 1 aliphatic carbocycles. The molecule has 0 spiro atoms. The Morgan fingerprint density at radius 1 is 0.966 bits per heavy atom. The molecule has 3 nitrogen and oxygen atoms in total. The standard InChI is InChI=1S/C25H35ClN2O/c1-3-5-7-8-19-9-11-20(12-10-19)22-17-27-25(28-18-22)21-13-14-24(23(26)16-21)29-15-6-4-2/h13-14,16-20H,3-12,15H2,1-2H3. The Balaban J connectivity index is 1.56. The van der Waals surface area contributed by atoms with E-state index in [1.54, 1.807) is 0 Å². The van der Waals surface area contributed by atoms with E-state index < -0.39 is 0 Å². The van der Waals surface area contributed by atoms with Gasteiger partial charge in [0, 0.05) is 18.0 Å². The van der Waals surface area contributed by atoms with Gasteiger partial charge in [-0.15, -0.1) is 0 Å². The van der Waals surface area contributed by atoms with Gasteiger partial charge in [-0.25, -0.2) is 9.97 Å². The Hall–Kier alpha value is -1.61. The lowest BCUT2D eigenvalue weighted by Gasteiger charge is -2.28. The van der Waals surface area contributed by atoms with Crippen LogP contribution in [-0.4, -0.2) is 16.6 Å². The molecular weight excluding hydrogens is 380 g/mol. The van der Waals surface area contributed by atoms with Crippen molar-refractivity contribution < 1.29 is 4.74 Å². The van der Waals surface area contributed by atoms with Crippen LogP contribution in [-0.2, 0) is 0 Å². The number of hydrogen-bond acceptors (Lipinski definition) is 3. The fourth-order valence-electron chi connectivity index (χ4n) is 4.25. The van der Waals surface area contributed by atoms with Gasteiger partial charge in [0.1, 0.15) is 5.75 Å². The van der Waals surface area contributed by atoms with E-state index in [-0.39, 0.29) is 0 Å². The summed E-state index contributed by atoms with van der Waals surface area (Å²) in [6.07, 6.45) is 16.9. The van der Waals surface area contributed by atoms with Crippen molar-refractivity contribution in [2.24, 2.45) is 5.92 Å². The van der Waals surface area contributed by atoms with Crippen molar-refractivity contribution in [1.82, 2.24) is 9.97 Å². The topological polar surface area (TPSA) is 35.0 Å². The summed E-state index contributed by atoms with van der Waals surface area (Å²) in [5, 5.41) is 0.618. The van der Waals surface area contributed by atoms with Crippen molar-refractivity contribution in [2.45, 2.75) is 84.0 Å². The van der Waals surface area contributed by atoms with E-state index in [1.165, 1.54) is 56.9 Å². The Morgan fingerprint density at radius 3 is 2.34 bits per heavy atom. The van der Waals surface area contributed by atoms with Gasteiger partial charge in [0.2, 0.25) is 0 Å². The Kier molecular flexibility index (Phi) is 8.79. The van der Waals surface area contributed by atoms with E-state index in [9.17, 15) is 0 Å². The Morgan fingerprint density at radius 2 is 1.69 bits per heavy atom. The number of nitrogens with zero attached hydrogens (tertiary/aromatic N) is 2. The summed E-state index contributed by atoms with van der Waals surface area (Å²) in [6, 6.07) is 5.81. The molecule has 0 atom stereocenters. The van der Waals surface area contributed by atoms with E-state index in [1.807, 2.05) is 30.6 Å². The minimum absolute atomic E-state index is 0.615. The average molecular weight is 415 g/mol. The van der Waals surface area contributed by atoms with Crippen molar-refractivity contribution in [3.8, 4) is 17.1 Å². The molecule has 0 unspecified atom stereocenters. The van der Waals surface area contributed by atoms with Crippen LogP contribution in [0.15, 0.2) is 30.6 Å². The van der Waals surface area contributed by atoms with Crippen molar-refractivity contribution in [2.75, 3.05) is 6.61 Å². The summed E-state index contributed by atoms with van der Waals surface area (Å²) in [5.74, 6) is 3.00. The largest absolute Gasteiger partial charge is 0.492 e. The molecule has 4 heteroatoms. The molecule has 1 aliphatic rings. The van der Waals surface area contributed by atoms with E-state index in [4.69, 9.17) is 16.3 Å². The van der Waals surface area contributed by atoms with Crippen LogP contribution >= 0.6 is 11.6 Å². The first-order chi connectivity index (χ1) is 14.2. The van der Waals surface area contributed by atoms with Crippen LogP contribution in [0.3, 0.4) is 0 Å². The van der Waals surface area contributed by atoms with Gasteiger partial charge in [-0.05, 0) is 67.7 Å². The number of halogens is 1. The van der Waals surface area contributed by atoms with Crippen molar-refractivity contribution in [1.29, 1.82) is 0 Å². The first kappa shape index (κ1) is 22.1. The predicted molar refractivity (Wildman–Crippen MR) is 122 cm³/mol. The first-order valence-electron chi connectivity index (χ1n) is 11.5. The Labute approximate surface area is 181 Å². The third-order valence-electron chi connectivity index (χ3n) is 6.15. The summed E-state index contributed by atoms with van der Waals surface area (Å²) < 4.78 is 5.73. The number of aromatic nitrogens is 2. The zero-order valence-corrected chi connectivity index (χ0v) is 18.8. The molecule has 29 heavy (non-hydrogen) atoms. The molecule has 0 amide bonds. The molecule has 0 radical (unpaired) electrons. The molecule has 1 heterocycles. The fourth-order valence-corrected chi connectivity index (χ4v) is 4.48. The zero-order valence-electron chi connectivity index (χ0n) is 18.0. The number of rotatable bonds is 10. The molecule has 0 saturated heterocycles. The SMILES string of the molecule is CCCCCC1CCC(c2cnc(-c3ccc(OCCCC)c(Cl)c3)nc2)CC1. The maximum absolute atomic E-state index is 6.39. The van der Waals surface area contributed by atoms with Crippen molar-refractivity contribution >= 4 is 11.6 Å². The molecule has 158 valence electrons. The van der Waals surface area contributed by atoms with Gasteiger partial charge in [0.05, 0.1) is 11.6 Å². The molecule has 0 bridgehead atoms. The highest BCUT2D eigenvalue weighted by atomic mass is 35.5. The van der Waals surface area contributed by atoms with Crippen molar-refractivity contribution in [3.05, 3.63) is 41.2 Å². The van der Waals surface area contributed by atoms with E-state index >= 15 is 0 Å². The second-order valence-corrected chi connectivity index (χ2v) is 8.81. The summed E-state index contributed by atoms with van der Waals surface area (Å²) in [6.45, 7) is 5.13. The molecule has 1 fully saturated rings. The number of ether oxygens (including phenoxy) is 1. The van der Waals surface area contributed by atoms with E-state index in [0.29, 0.717) is 17.5 Å². The third-order valence-corrected chi connectivity index (χ3v) is 6.45. The van der Waals surface area contributed by atoms with Gasteiger partial charge in [-0.1, -0.05) is 57.6 Å². The van der Waals surface area contributed by atoms with E-state index in [2.05, 4.69) is 23.8 Å². The predicted octanol–water partition coefficient (Wildman–Crippen LogP) is 7.83. The smallest absolute Gasteiger partial charge is 0.159 e. The quantitative estimate of drug-likeness (QED) is 0.371. The Bertz CT molecular complexity index is 739. The third kappa shape index (κ3) is 6.44. The maximum Gasteiger partial charge on any atom is 0.159 e. The second-order valence-electron chi connectivity index (χ2n) is 8.40. The van der Waals surface area contributed by atoms with Gasteiger partial charge < -0.3 is 4.74 Å². The van der Waals surface area contributed by atoms with Crippen LogP contribution in [0.2, 0.25) is 5.02 Å². The fraction of sp³-hybridized carbons (Fsp3) is 0.600. The van der Waals surface area contributed by atoms with Crippen LogP contribution in [0.1, 0.15) is 89.5 Å². The van der Waals surface area contributed by atoms with Crippen molar-refractivity contribution in [3.63, 3.8) is 0 Å². The zero-order chi connectivity index (χ0) is 20.5. The molecule has 1 aromatic carbocycles. The molecule has 1 aromatic heterocycles. The van der Waals surface area contributed by atoms with Crippen LogP contribution in [0.25, 0.3) is 11.4 Å². The van der Waals surface area contributed by atoms with E-state index in [0.717, 1.165) is 35.9 Å². The molecule has 0 N–H and O–H groups in total. The highest BCUT2D eigenvalue weighted by Gasteiger charge is 2.22. The average Bonchev–Trinajstić information content (AvgIpc) is 2.76. The van der Waals surface area contributed by atoms with Gasteiger partial charge in [0.15, 0.2) is 5.82 Å². The highest BCUT2D eigenvalue weighted by molar-refractivity contribution is 6.32. The highest BCUT2D eigenvalue weighted by Crippen LogP contribution is 2.37. The second kappa shape index (κ2) is 11.5. The molecule has 2 aromatic rings. The lowest BCUT2D eigenvalue weighted by atomic mass is 9.77. The number of hydrogen-bond donors (Lipinski definition) is 0. The molecule has 3 rings (SSSR count). The van der Waals surface area contributed by atoms with Crippen LogP contribution in [0.5, 0.6) is 5.75 Å². The monoisotopic (exact) mass is 414 g/mol. The minimum atomic E-state index is 0.615. The molecule has 0 aliphatic heterocycles. The van der Waals surface area contributed by atoms with Crippen LogP contribution in [0, 0.1) is 5.92 Å². The van der Waals surface area contributed by atoms with Gasteiger partial charge in [-0.3, -0.25) is 0 Å².